The van der Waals surface area contributed by atoms with Crippen LogP contribution in [0.3, 0.4) is 0 Å². The number of hydrogen-bond donors (Lipinski definition) is 1. The Morgan fingerprint density at radius 1 is 1.50 bits per heavy atom. The van der Waals surface area contributed by atoms with Crippen molar-refractivity contribution in [2.75, 3.05) is 33.9 Å². The van der Waals surface area contributed by atoms with Gasteiger partial charge in [0.2, 0.25) is 5.91 Å². The van der Waals surface area contributed by atoms with Crippen molar-refractivity contribution in [3.63, 3.8) is 0 Å². The summed E-state index contributed by atoms with van der Waals surface area (Å²) in [7, 11) is 3.54. The lowest BCUT2D eigenvalue weighted by Gasteiger charge is -2.38. The Kier molecular flexibility index (Phi) is 4.74. The van der Waals surface area contributed by atoms with Gasteiger partial charge in [0, 0.05) is 19.6 Å². The van der Waals surface area contributed by atoms with Gasteiger partial charge in [-0.3, -0.25) is 4.79 Å². The molecule has 1 atom stereocenters. The summed E-state index contributed by atoms with van der Waals surface area (Å²) in [6.45, 7) is 6.57. The van der Waals surface area contributed by atoms with Crippen LogP contribution in [0, 0.1) is 5.41 Å². The lowest BCUT2D eigenvalue weighted by atomic mass is 9.79. The van der Waals surface area contributed by atoms with E-state index in [1.165, 1.54) is 0 Å². The molecule has 1 unspecified atom stereocenters. The minimum atomic E-state index is -0.192. The molecule has 0 aromatic rings. The minimum Gasteiger partial charge on any atom is -0.383 e. The number of rotatable bonds is 4. The second-order valence-corrected chi connectivity index (χ2v) is 5.03. The van der Waals surface area contributed by atoms with Crippen LogP contribution >= 0.6 is 0 Å². The van der Waals surface area contributed by atoms with E-state index in [4.69, 9.17) is 4.74 Å². The van der Waals surface area contributed by atoms with E-state index in [2.05, 4.69) is 12.2 Å². The first kappa shape index (κ1) is 13.5. The summed E-state index contributed by atoms with van der Waals surface area (Å²) < 4.78 is 5.09. The molecule has 4 nitrogen and oxygen atoms in total. The Balaban J connectivity index is 2.61. The van der Waals surface area contributed by atoms with Gasteiger partial charge in [-0.05, 0) is 32.9 Å². The zero-order valence-electron chi connectivity index (χ0n) is 10.9. The molecule has 0 saturated carbocycles. The second kappa shape index (κ2) is 5.64. The highest BCUT2D eigenvalue weighted by molar-refractivity contribution is 5.82. The maximum absolute atomic E-state index is 12.4. The molecule has 0 radical (unpaired) electrons. The van der Waals surface area contributed by atoms with Gasteiger partial charge in [0.15, 0.2) is 0 Å². The second-order valence-electron chi connectivity index (χ2n) is 5.03. The fourth-order valence-corrected chi connectivity index (χ4v) is 2.17. The molecule has 94 valence electrons. The Morgan fingerprint density at radius 3 is 2.56 bits per heavy atom. The zero-order chi connectivity index (χ0) is 12.2. The number of amides is 1. The van der Waals surface area contributed by atoms with Crippen LogP contribution in [0.5, 0.6) is 0 Å². The maximum Gasteiger partial charge on any atom is 0.228 e. The predicted octanol–water partition coefficient (Wildman–Crippen LogP) is 0.869. The molecule has 1 fully saturated rings. The Labute approximate surface area is 98.3 Å². The SMILES string of the molecule is COCC(C)N(C)C(=O)C1(C)CCNCC1. The van der Waals surface area contributed by atoms with Crippen LogP contribution in [-0.2, 0) is 9.53 Å². The molecule has 1 heterocycles. The topological polar surface area (TPSA) is 41.6 Å². The third-order valence-electron chi connectivity index (χ3n) is 3.61. The van der Waals surface area contributed by atoms with Crippen LogP contribution in [0.4, 0.5) is 0 Å². The largest absolute Gasteiger partial charge is 0.383 e. The van der Waals surface area contributed by atoms with Crippen molar-refractivity contribution in [1.29, 1.82) is 0 Å². The van der Waals surface area contributed by atoms with Crippen molar-refractivity contribution in [2.24, 2.45) is 5.41 Å². The highest BCUT2D eigenvalue weighted by atomic mass is 16.5. The van der Waals surface area contributed by atoms with E-state index >= 15 is 0 Å². The Morgan fingerprint density at radius 2 is 2.06 bits per heavy atom. The van der Waals surface area contributed by atoms with Gasteiger partial charge in [0.05, 0.1) is 12.6 Å². The molecule has 1 amide bonds. The summed E-state index contributed by atoms with van der Waals surface area (Å²) in [6, 6.07) is 0.143. The third kappa shape index (κ3) is 2.95. The Hall–Kier alpha value is -0.610. The first-order valence-corrected chi connectivity index (χ1v) is 5.98. The first-order valence-electron chi connectivity index (χ1n) is 5.98. The number of ether oxygens (including phenoxy) is 1. The molecular formula is C12H24N2O2. The van der Waals surface area contributed by atoms with Gasteiger partial charge in [-0.1, -0.05) is 6.92 Å². The van der Waals surface area contributed by atoms with Crippen molar-refractivity contribution in [3.8, 4) is 0 Å². The third-order valence-corrected chi connectivity index (χ3v) is 3.61. The highest BCUT2D eigenvalue weighted by Crippen LogP contribution is 2.30. The molecule has 1 aliphatic rings. The van der Waals surface area contributed by atoms with E-state index in [0.717, 1.165) is 25.9 Å². The minimum absolute atomic E-state index is 0.143. The maximum atomic E-state index is 12.4. The first-order chi connectivity index (χ1) is 7.51. The summed E-state index contributed by atoms with van der Waals surface area (Å²) in [5.41, 5.74) is -0.192. The van der Waals surface area contributed by atoms with E-state index in [1.54, 1.807) is 7.11 Å². The highest BCUT2D eigenvalue weighted by Gasteiger charge is 2.37. The van der Waals surface area contributed by atoms with Gasteiger partial charge in [-0.15, -0.1) is 0 Å². The molecule has 0 spiro atoms. The number of carbonyl (C=O) groups excluding carboxylic acids is 1. The number of carbonyl (C=O) groups is 1. The fraction of sp³-hybridized carbons (Fsp3) is 0.917. The van der Waals surface area contributed by atoms with Crippen LogP contribution in [0.2, 0.25) is 0 Å². The number of nitrogens with one attached hydrogen (secondary N) is 1. The smallest absolute Gasteiger partial charge is 0.228 e. The van der Waals surface area contributed by atoms with Crippen LogP contribution in [0.25, 0.3) is 0 Å². The summed E-state index contributed by atoms with van der Waals surface area (Å²) in [4.78, 5) is 14.2. The van der Waals surface area contributed by atoms with Crippen LogP contribution in [0.1, 0.15) is 26.7 Å². The van der Waals surface area contributed by atoms with Gasteiger partial charge in [0.25, 0.3) is 0 Å². The number of piperidine rings is 1. The zero-order valence-corrected chi connectivity index (χ0v) is 10.9. The summed E-state index contributed by atoms with van der Waals surface area (Å²) >= 11 is 0. The van der Waals surface area contributed by atoms with Crippen molar-refractivity contribution in [3.05, 3.63) is 0 Å². The fourth-order valence-electron chi connectivity index (χ4n) is 2.17. The van der Waals surface area contributed by atoms with Gasteiger partial charge < -0.3 is 15.0 Å². The molecule has 0 aliphatic carbocycles. The van der Waals surface area contributed by atoms with Crippen LogP contribution in [0.15, 0.2) is 0 Å². The van der Waals surface area contributed by atoms with Crippen molar-refractivity contribution in [1.82, 2.24) is 10.2 Å². The average Bonchev–Trinajstić information content (AvgIpc) is 2.28. The summed E-state index contributed by atoms with van der Waals surface area (Å²) in [5, 5.41) is 3.29. The van der Waals surface area contributed by atoms with Crippen molar-refractivity contribution < 1.29 is 9.53 Å². The Bertz CT molecular complexity index is 237. The summed E-state index contributed by atoms with van der Waals surface area (Å²) in [6.07, 6.45) is 1.85. The van der Waals surface area contributed by atoms with E-state index in [0.29, 0.717) is 6.61 Å². The van der Waals surface area contributed by atoms with Gasteiger partial charge in [-0.25, -0.2) is 0 Å². The van der Waals surface area contributed by atoms with E-state index < -0.39 is 0 Å². The molecule has 1 N–H and O–H groups in total. The molecule has 1 aliphatic heterocycles. The van der Waals surface area contributed by atoms with Crippen LogP contribution < -0.4 is 5.32 Å². The number of hydrogen-bond acceptors (Lipinski definition) is 3. The van der Waals surface area contributed by atoms with Gasteiger partial charge in [-0.2, -0.15) is 0 Å². The average molecular weight is 228 g/mol. The number of likely N-dealkylation sites (N-methyl/N-ethyl adjacent to an activating group) is 1. The monoisotopic (exact) mass is 228 g/mol. The van der Waals surface area contributed by atoms with Gasteiger partial charge >= 0.3 is 0 Å². The van der Waals surface area contributed by atoms with Gasteiger partial charge in [0.1, 0.15) is 0 Å². The molecule has 16 heavy (non-hydrogen) atoms. The lowest BCUT2D eigenvalue weighted by molar-refractivity contribution is -0.144. The quantitative estimate of drug-likeness (QED) is 0.776. The van der Waals surface area contributed by atoms with Crippen molar-refractivity contribution >= 4 is 5.91 Å². The summed E-state index contributed by atoms with van der Waals surface area (Å²) in [5.74, 6) is 0.249. The van der Waals surface area contributed by atoms with Crippen molar-refractivity contribution in [2.45, 2.75) is 32.7 Å². The molecule has 1 saturated heterocycles. The van der Waals surface area contributed by atoms with E-state index in [9.17, 15) is 4.79 Å². The predicted molar refractivity (Wildman–Crippen MR) is 64.3 cm³/mol. The van der Waals surface area contributed by atoms with E-state index in [-0.39, 0.29) is 17.4 Å². The molecule has 0 aromatic carbocycles. The van der Waals surface area contributed by atoms with E-state index in [1.807, 2.05) is 18.9 Å². The number of nitrogens with zero attached hydrogens (tertiary/aromatic N) is 1. The molecule has 0 bridgehead atoms. The number of methoxy groups -OCH3 is 1. The molecular weight excluding hydrogens is 204 g/mol. The van der Waals surface area contributed by atoms with Crippen LogP contribution in [-0.4, -0.2) is 50.7 Å². The normalized spacial score (nSPS) is 21.5. The standard InChI is InChI=1S/C12H24N2O2/c1-10(9-16-4)14(3)11(15)12(2)5-7-13-8-6-12/h10,13H,5-9H2,1-4H3. The molecule has 1 rings (SSSR count). The molecule has 4 heteroatoms. The molecule has 0 aromatic heterocycles. The lowest BCUT2D eigenvalue weighted by Crippen LogP contribution is -2.49.